The van der Waals surface area contributed by atoms with Crippen LogP contribution >= 0.6 is 28.6 Å². The minimum Gasteiger partial charge on any atom is -0.464 e. The highest BCUT2D eigenvalue weighted by Crippen LogP contribution is 2.30. The average molecular weight is 345 g/mol. The summed E-state index contributed by atoms with van der Waals surface area (Å²) in [5.74, 6) is 0.256. The lowest BCUT2D eigenvalue weighted by Crippen LogP contribution is -2.27. The number of ether oxygens (including phenoxy) is 1. The van der Waals surface area contributed by atoms with Gasteiger partial charge in [0.2, 0.25) is 5.91 Å². The van der Waals surface area contributed by atoms with Crippen molar-refractivity contribution in [1.29, 1.82) is 0 Å². The van der Waals surface area contributed by atoms with Gasteiger partial charge in [-0.15, -0.1) is 0 Å². The summed E-state index contributed by atoms with van der Waals surface area (Å²) in [5, 5.41) is 0. The Kier molecular flexibility index (Phi) is 4.46. The lowest BCUT2D eigenvalue weighted by molar-refractivity contribution is -0.117. The number of halogens is 1. The van der Waals surface area contributed by atoms with Gasteiger partial charge >= 0.3 is 5.97 Å². The Bertz CT molecular complexity index is 524. The molecule has 0 N–H and O–H groups in total. The summed E-state index contributed by atoms with van der Waals surface area (Å²) >= 11 is 7.52. The van der Waals surface area contributed by atoms with Crippen LogP contribution in [0.5, 0.6) is 0 Å². The molecule has 1 atom stereocenters. The molecule has 2 rings (SSSR count). The Labute approximate surface area is 124 Å². The molecule has 1 amide bonds. The molecule has 1 aliphatic heterocycles. The third-order valence-electron chi connectivity index (χ3n) is 2.97. The molecule has 1 aromatic heterocycles. The van der Waals surface area contributed by atoms with Crippen LogP contribution in [0.15, 0.2) is 16.7 Å². The van der Waals surface area contributed by atoms with Gasteiger partial charge in [0, 0.05) is 23.6 Å². The van der Waals surface area contributed by atoms with Gasteiger partial charge in [-0.1, -0.05) is 0 Å². The minimum absolute atomic E-state index is 0.0240. The predicted molar refractivity (Wildman–Crippen MR) is 77.6 cm³/mol. The van der Waals surface area contributed by atoms with E-state index >= 15 is 0 Å². The normalized spacial score (nSPS) is 18.8. The van der Waals surface area contributed by atoms with Gasteiger partial charge in [-0.25, -0.2) is 9.78 Å². The van der Waals surface area contributed by atoms with Crippen LogP contribution in [0.1, 0.15) is 16.9 Å². The number of amides is 1. The predicted octanol–water partition coefficient (Wildman–Crippen LogP) is 1.91. The molecule has 0 bridgehead atoms. The maximum atomic E-state index is 12.0. The summed E-state index contributed by atoms with van der Waals surface area (Å²) in [5.41, 5.74) is 0.634. The van der Waals surface area contributed by atoms with Crippen LogP contribution in [-0.4, -0.2) is 36.3 Å². The van der Waals surface area contributed by atoms with E-state index < -0.39 is 5.97 Å². The largest absolute Gasteiger partial charge is 0.464 e. The summed E-state index contributed by atoms with van der Waals surface area (Å²) in [6, 6.07) is 1.71. The number of aromatic nitrogens is 1. The molecule has 0 aliphatic carbocycles. The van der Waals surface area contributed by atoms with E-state index in [2.05, 4.69) is 33.5 Å². The van der Waals surface area contributed by atoms with Crippen molar-refractivity contribution >= 4 is 46.1 Å². The lowest BCUT2D eigenvalue weighted by atomic mass is 10.1. The van der Waals surface area contributed by atoms with Gasteiger partial charge in [0.25, 0.3) is 0 Å². The van der Waals surface area contributed by atoms with Crippen molar-refractivity contribution in [2.24, 2.45) is 5.92 Å². The summed E-state index contributed by atoms with van der Waals surface area (Å²) in [6.45, 7) is 0.546. The zero-order chi connectivity index (χ0) is 14.0. The van der Waals surface area contributed by atoms with E-state index in [0.717, 1.165) is 0 Å². The maximum absolute atomic E-state index is 12.0. The molecule has 1 aromatic rings. The van der Waals surface area contributed by atoms with Crippen LogP contribution in [0.3, 0.4) is 0 Å². The van der Waals surface area contributed by atoms with Gasteiger partial charge in [0.15, 0.2) is 5.69 Å². The van der Waals surface area contributed by atoms with Gasteiger partial charge in [-0.2, -0.15) is 12.6 Å². The van der Waals surface area contributed by atoms with Crippen molar-refractivity contribution in [1.82, 2.24) is 4.98 Å². The fourth-order valence-corrected chi connectivity index (χ4v) is 2.59. The Balaban J connectivity index is 2.41. The molecular weight excluding hydrogens is 332 g/mol. The fourth-order valence-electron chi connectivity index (χ4n) is 2.02. The molecule has 0 radical (unpaired) electrons. The molecule has 0 aromatic carbocycles. The van der Waals surface area contributed by atoms with E-state index in [1.807, 2.05) is 0 Å². The molecule has 1 saturated heterocycles. The van der Waals surface area contributed by atoms with Crippen molar-refractivity contribution in [3.05, 3.63) is 22.4 Å². The number of thiol groups is 1. The highest BCUT2D eigenvalue weighted by Gasteiger charge is 2.32. The van der Waals surface area contributed by atoms with Crippen LogP contribution in [0, 0.1) is 5.92 Å². The Morgan fingerprint density at radius 2 is 2.42 bits per heavy atom. The molecule has 19 heavy (non-hydrogen) atoms. The SMILES string of the molecule is COC(=O)c1ncc(Br)cc1N1CC(CS)CC1=O. The number of hydrogen-bond acceptors (Lipinski definition) is 5. The molecule has 1 fully saturated rings. The van der Waals surface area contributed by atoms with E-state index in [0.29, 0.717) is 28.9 Å². The van der Waals surface area contributed by atoms with Crippen molar-refractivity contribution in [2.45, 2.75) is 6.42 Å². The number of nitrogens with zero attached hydrogens (tertiary/aromatic N) is 2. The van der Waals surface area contributed by atoms with Crippen LogP contribution in [0.4, 0.5) is 5.69 Å². The second-order valence-electron chi connectivity index (χ2n) is 4.27. The van der Waals surface area contributed by atoms with Gasteiger partial charge in [0.05, 0.1) is 12.8 Å². The van der Waals surface area contributed by atoms with E-state index in [1.165, 1.54) is 13.3 Å². The average Bonchev–Trinajstić information content (AvgIpc) is 2.79. The third-order valence-corrected chi connectivity index (χ3v) is 3.92. The maximum Gasteiger partial charge on any atom is 0.358 e. The Morgan fingerprint density at radius 3 is 3.00 bits per heavy atom. The quantitative estimate of drug-likeness (QED) is 0.672. The fraction of sp³-hybridized carbons (Fsp3) is 0.417. The van der Waals surface area contributed by atoms with Gasteiger partial charge in [0.1, 0.15) is 0 Å². The summed E-state index contributed by atoms with van der Waals surface area (Å²) < 4.78 is 5.40. The first-order valence-corrected chi connectivity index (χ1v) is 7.14. The number of carbonyl (C=O) groups excluding carboxylic acids is 2. The smallest absolute Gasteiger partial charge is 0.358 e. The highest BCUT2D eigenvalue weighted by molar-refractivity contribution is 9.10. The second-order valence-corrected chi connectivity index (χ2v) is 5.55. The Morgan fingerprint density at radius 1 is 1.68 bits per heavy atom. The van der Waals surface area contributed by atoms with E-state index in [4.69, 9.17) is 4.74 Å². The molecule has 1 aliphatic rings. The first-order valence-electron chi connectivity index (χ1n) is 5.72. The molecule has 7 heteroatoms. The number of anilines is 1. The molecule has 0 spiro atoms. The van der Waals surface area contributed by atoms with Crippen molar-refractivity contribution in [3.63, 3.8) is 0 Å². The van der Waals surface area contributed by atoms with E-state index in [1.54, 1.807) is 11.0 Å². The van der Waals surface area contributed by atoms with Crippen LogP contribution in [0.25, 0.3) is 0 Å². The van der Waals surface area contributed by atoms with Gasteiger partial charge in [-0.05, 0) is 33.7 Å². The second kappa shape index (κ2) is 5.92. The number of esters is 1. The van der Waals surface area contributed by atoms with E-state index in [9.17, 15) is 9.59 Å². The molecule has 102 valence electrons. The van der Waals surface area contributed by atoms with Crippen molar-refractivity contribution in [2.75, 3.05) is 24.3 Å². The zero-order valence-electron chi connectivity index (χ0n) is 10.3. The highest BCUT2D eigenvalue weighted by atomic mass is 79.9. The summed E-state index contributed by atoms with van der Waals surface area (Å²) in [6.07, 6.45) is 1.95. The first kappa shape index (κ1) is 14.3. The Hall–Kier alpha value is -1.08. The molecule has 2 heterocycles. The lowest BCUT2D eigenvalue weighted by Gasteiger charge is -2.18. The number of carbonyl (C=O) groups is 2. The summed E-state index contributed by atoms with van der Waals surface area (Å²) in [7, 11) is 1.29. The first-order chi connectivity index (χ1) is 9.06. The topological polar surface area (TPSA) is 59.5 Å². The van der Waals surface area contributed by atoms with Crippen molar-refractivity contribution < 1.29 is 14.3 Å². The molecule has 1 unspecified atom stereocenters. The summed E-state index contributed by atoms with van der Waals surface area (Å²) in [4.78, 5) is 29.3. The minimum atomic E-state index is -0.551. The number of hydrogen-bond donors (Lipinski definition) is 1. The number of pyridine rings is 1. The van der Waals surface area contributed by atoms with E-state index in [-0.39, 0.29) is 17.5 Å². The van der Waals surface area contributed by atoms with Gasteiger partial charge < -0.3 is 9.64 Å². The zero-order valence-corrected chi connectivity index (χ0v) is 12.8. The van der Waals surface area contributed by atoms with Crippen LogP contribution in [-0.2, 0) is 9.53 Å². The monoisotopic (exact) mass is 344 g/mol. The molecule has 5 nitrogen and oxygen atoms in total. The van der Waals surface area contributed by atoms with Gasteiger partial charge in [-0.3, -0.25) is 4.79 Å². The standard InChI is InChI=1S/C12H13BrN2O3S/c1-18-12(17)11-9(3-8(13)4-14-11)15-5-7(6-19)2-10(15)16/h3-4,7,19H,2,5-6H2,1H3. The number of methoxy groups -OCH3 is 1. The molecular formula is C12H13BrN2O3S. The van der Waals surface area contributed by atoms with Crippen LogP contribution < -0.4 is 4.90 Å². The van der Waals surface area contributed by atoms with Crippen LogP contribution in [0.2, 0.25) is 0 Å². The number of rotatable bonds is 3. The molecule has 0 saturated carbocycles. The van der Waals surface area contributed by atoms with Crippen molar-refractivity contribution in [3.8, 4) is 0 Å². The third kappa shape index (κ3) is 2.92.